The van der Waals surface area contributed by atoms with Crippen molar-refractivity contribution >= 4 is 24.7 Å². The molecule has 0 saturated heterocycles. The monoisotopic (exact) mass is 322 g/mol. The minimum absolute atomic E-state index is 0.129. The lowest BCUT2D eigenvalue weighted by Crippen LogP contribution is -2.00. The highest BCUT2D eigenvalue weighted by Crippen LogP contribution is 2.31. The van der Waals surface area contributed by atoms with Gasteiger partial charge in [-0.25, -0.2) is 0 Å². The van der Waals surface area contributed by atoms with Crippen LogP contribution in [0.1, 0.15) is 12.0 Å². The summed E-state index contributed by atoms with van der Waals surface area (Å²) in [6, 6.07) is 13.5. The van der Waals surface area contributed by atoms with Crippen molar-refractivity contribution in [2.24, 2.45) is 0 Å². The second-order valence-electron chi connectivity index (χ2n) is 4.54. The number of benzene rings is 2. The highest BCUT2D eigenvalue weighted by Gasteiger charge is 2.04. The van der Waals surface area contributed by atoms with Gasteiger partial charge in [0.05, 0.1) is 23.5 Å². The topological polar surface area (TPSA) is 38.7 Å². The van der Waals surface area contributed by atoms with E-state index in [1.807, 2.05) is 49.4 Å². The molecule has 0 heterocycles. The van der Waals surface area contributed by atoms with Crippen molar-refractivity contribution in [2.45, 2.75) is 23.1 Å². The van der Waals surface area contributed by atoms with Crippen molar-refractivity contribution < 1.29 is 14.0 Å². The van der Waals surface area contributed by atoms with Gasteiger partial charge in [-0.2, -0.15) is 0 Å². The Morgan fingerprint density at radius 3 is 2.67 bits per heavy atom. The van der Waals surface area contributed by atoms with Crippen LogP contribution >= 0.6 is 24.7 Å². The average Bonchev–Trinajstić information content (AvgIpc) is 2.46. The fraction of sp³-hybridized carbons (Fsp3) is 0.250. The molecule has 0 radical (unpaired) electrons. The van der Waals surface area contributed by atoms with Gasteiger partial charge in [0.25, 0.3) is 0 Å². The second-order valence-corrected chi connectivity index (χ2v) is 5.80. The van der Waals surface area contributed by atoms with Crippen molar-refractivity contribution in [3.63, 3.8) is 0 Å². The summed E-state index contributed by atoms with van der Waals surface area (Å²) < 4.78 is 11.3. The molecule has 3 nitrogen and oxygen atoms in total. The lowest BCUT2D eigenvalue weighted by atomic mass is 10.2. The zero-order valence-corrected chi connectivity index (χ0v) is 13.5. The Hall–Kier alpha value is -1.30. The van der Waals surface area contributed by atoms with Gasteiger partial charge in [-0.3, -0.25) is 0 Å². The number of ether oxygens (including phenoxy) is 1. The number of aliphatic hydroxyl groups excluding tert-OH is 1. The van der Waals surface area contributed by atoms with Gasteiger partial charge in [0, 0.05) is 24.0 Å². The molecule has 1 N–H and O–H groups in total. The molecular formula is C16H18O3S2. The molecule has 112 valence electrons. The van der Waals surface area contributed by atoms with Crippen molar-refractivity contribution in [1.82, 2.24) is 0 Å². The van der Waals surface area contributed by atoms with Crippen LogP contribution in [0.25, 0.3) is 0 Å². The van der Waals surface area contributed by atoms with Crippen molar-refractivity contribution in [2.75, 3.05) is 13.2 Å². The summed E-state index contributed by atoms with van der Waals surface area (Å²) in [4.78, 5) is 1.85. The van der Waals surface area contributed by atoms with Gasteiger partial charge in [-0.15, -0.1) is 12.6 Å². The van der Waals surface area contributed by atoms with Crippen LogP contribution in [-0.4, -0.2) is 18.3 Å². The second kappa shape index (κ2) is 8.22. The lowest BCUT2D eigenvalue weighted by Gasteiger charge is -2.10. The maximum Gasteiger partial charge on any atom is 0.141 e. The quantitative estimate of drug-likeness (QED) is 0.457. The van der Waals surface area contributed by atoms with Crippen LogP contribution in [0.3, 0.4) is 0 Å². The normalized spacial score (nSPS) is 10.4. The van der Waals surface area contributed by atoms with E-state index in [1.54, 1.807) is 0 Å². The van der Waals surface area contributed by atoms with E-state index < -0.39 is 0 Å². The Morgan fingerprint density at radius 1 is 1.14 bits per heavy atom. The summed E-state index contributed by atoms with van der Waals surface area (Å²) in [7, 11) is 0. The molecule has 0 atom stereocenters. The molecule has 5 heteroatoms. The molecule has 21 heavy (non-hydrogen) atoms. The first kappa shape index (κ1) is 16.1. The van der Waals surface area contributed by atoms with E-state index in [1.165, 1.54) is 12.0 Å². The molecule has 0 bridgehead atoms. The predicted octanol–water partition coefficient (Wildman–Crippen LogP) is 4.13. The van der Waals surface area contributed by atoms with Crippen LogP contribution in [0, 0.1) is 6.92 Å². The van der Waals surface area contributed by atoms with Crippen molar-refractivity contribution in [1.29, 1.82) is 0 Å². The van der Waals surface area contributed by atoms with E-state index >= 15 is 0 Å². The SMILES string of the molecule is Cc1cc(OCCCO)cc(OSc2ccccc2S)c1. The number of aryl methyl sites for hydroxylation is 1. The molecule has 0 aliphatic carbocycles. The molecule has 0 amide bonds. The molecule has 0 aromatic heterocycles. The maximum absolute atomic E-state index is 8.77. The zero-order valence-electron chi connectivity index (χ0n) is 11.8. The first-order chi connectivity index (χ1) is 10.2. The highest BCUT2D eigenvalue weighted by molar-refractivity contribution is 7.95. The van der Waals surface area contributed by atoms with Gasteiger partial charge < -0.3 is 14.0 Å². The van der Waals surface area contributed by atoms with Crippen LogP contribution in [0.2, 0.25) is 0 Å². The van der Waals surface area contributed by atoms with Crippen LogP contribution in [0.5, 0.6) is 11.5 Å². The smallest absolute Gasteiger partial charge is 0.141 e. The molecule has 0 aliphatic rings. The lowest BCUT2D eigenvalue weighted by molar-refractivity contribution is 0.233. The van der Waals surface area contributed by atoms with E-state index in [2.05, 4.69) is 12.6 Å². The summed E-state index contributed by atoms with van der Waals surface area (Å²) >= 11 is 5.67. The van der Waals surface area contributed by atoms with Gasteiger partial charge in [-0.1, -0.05) is 12.1 Å². The Bertz CT molecular complexity index is 587. The van der Waals surface area contributed by atoms with E-state index in [0.29, 0.717) is 13.0 Å². The van der Waals surface area contributed by atoms with E-state index in [9.17, 15) is 0 Å². The number of hydrogen-bond acceptors (Lipinski definition) is 5. The highest BCUT2D eigenvalue weighted by atomic mass is 32.2. The standard InChI is InChI=1S/C16H18O3S2/c1-12-9-13(18-8-4-7-17)11-14(10-12)19-21-16-6-3-2-5-15(16)20/h2-3,5-6,9-11,17,20H,4,7-8H2,1H3. The molecule has 0 fully saturated rings. The number of aliphatic hydroxyl groups is 1. The number of thiol groups is 1. The summed E-state index contributed by atoms with van der Waals surface area (Å²) in [5, 5.41) is 8.77. The number of rotatable bonds is 7. The first-order valence-corrected chi connectivity index (χ1v) is 7.86. The molecule has 2 aromatic carbocycles. The summed E-state index contributed by atoms with van der Waals surface area (Å²) in [5.41, 5.74) is 1.06. The average molecular weight is 322 g/mol. The fourth-order valence-electron chi connectivity index (χ4n) is 1.72. The Morgan fingerprint density at radius 2 is 1.90 bits per heavy atom. The fourth-order valence-corrected chi connectivity index (χ4v) is 2.56. The van der Waals surface area contributed by atoms with Crippen molar-refractivity contribution in [3.8, 4) is 11.5 Å². The van der Waals surface area contributed by atoms with Crippen LogP contribution in [0.15, 0.2) is 52.3 Å². The minimum Gasteiger partial charge on any atom is -0.493 e. The van der Waals surface area contributed by atoms with Crippen LogP contribution in [0.4, 0.5) is 0 Å². The van der Waals surface area contributed by atoms with Crippen LogP contribution < -0.4 is 8.92 Å². The van der Waals surface area contributed by atoms with Gasteiger partial charge in [0.2, 0.25) is 0 Å². The van der Waals surface area contributed by atoms with Crippen LogP contribution in [-0.2, 0) is 0 Å². The van der Waals surface area contributed by atoms with Gasteiger partial charge in [0.1, 0.15) is 11.5 Å². The molecule has 0 saturated carbocycles. The molecule has 0 unspecified atom stereocenters. The largest absolute Gasteiger partial charge is 0.493 e. The molecule has 2 aromatic rings. The minimum atomic E-state index is 0.129. The third-order valence-corrected chi connectivity index (χ3v) is 4.04. The molecule has 0 aliphatic heterocycles. The Labute approximate surface area is 134 Å². The summed E-state index contributed by atoms with van der Waals surface area (Å²) in [5.74, 6) is 1.48. The molecule has 2 rings (SSSR count). The predicted molar refractivity (Wildman–Crippen MR) is 88.6 cm³/mol. The van der Waals surface area contributed by atoms with Gasteiger partial charge in [-0.05, 0) is 36.8 Å². The van der Waals surface area contributed by atoms with Gasteiger partial charge in [0.15, 0.2) is 0 Å². The van der Waals surface area contributed by atoms with E-state index in [-0.39, 0.29) is 6.61 Å². The molecular weight excluding hydrogens is 304 g/mol. The van der Waals surface area contributed by atoms with Crippen molar-refractivity contribution in [3.05, 3.63) is 48.0 Å². The number of hydrogen-bond donors (Lipinski definition) is 2. The summed E-state index contributed by atoms with van der Waals surface area (Å²) in [6.07, 6.45) is 0.617. The maximum atomic E-state index is 8.77. The Balaban J connectivity index is 2.01. The zero-order chi connectivity index (χ0) is 15.1. The van der Waals surface area contributed by atoms with Gasteiger partial charge >= 0.3 is 0 Å². The summed E-state index contributed by atoms with van der Waals surface area (Å²) in [6.45, 7) is 2.61. The third-order valence-electron chi connectivity index (χ3n) is 2.69. The third kappa shape index (κ3) is 5.19. The Kier molecular flexibility index (Phi) is 6.29. The first-order valence-electron chi connectivity index (χ1n) is 6.67. The van der Waals surface area contributed by atoms with E-state index in [0.717, 1.165) is 26.9 Å². The molecule has 0 spiro atoms. The van der Waals surface area contributed by atoms with E-state index in [4.69, 9.17) is 14.0 Å².